The van der Waals surface area contributed by atoms with Crippen molar-refractivity contribution in [1.29, 1.82) is 0 Å². The highest BCUT2D eigenvalue weighted by Gasteiger charge is 2.38. The monoisotopic (exact) mass is 568 g/mol. The van der Waals surface area contributed by atoms with Gasteiger partial charge in [0.2, 0.25) is 0 Å². The molecule has 0 bridgehead atoms. The summed E-state index contributed by atoms with van der Waals surface area (Å²) in [6, 6.07) is 54.3. The van der Waals surface area contributed by atoms with Gasteiger partial charge in [-0.2, -0.15) is 0 Å². The number of benzene rings is 5. The van der Waals surface area contributed by atoms with Crippen molar-refractivity contribution in [2.24, 2.45) is 0 Å². The Hall–Kier alpha value is -5.19. The molecule has 6 aromatic rings. The maximum atomic E-state index is 3.39. The molecule has 0 atom stereocenters. The van der Waals surface area contributed by atoms with E-state index in [2.05, 4.69) is 201 Å². The largest absolute Gasteiger partial charge is 0.201 e. The number of hydrogen-bond acceptors (Lipinski definition) is 0. The molecular formula is C43H38N+. The van der Waals surface area contributed by atoms with Crippen LogP contribution in [0.5, 0.6) is 0 Å². The maximum Gasteiger partial charge on any atom is 0.173 e. The molecule has 0 fully saturated rings. The second-order valence-electron chi connectivity index (χ2n) is 12.4. The molecule has 0 saturated heterocycles. The van der Waals surface area contributed by atoms with E-state index in [1.807, 2.05) is 0 Å². The topological polar surface area (TPSA) is 3.88 Å². The van der Waals surface area contributed by atoms with Crippen LogP contribution in [-0.2, 0) is 17.4 Å². The molecule has 44 heavy (non-hydrogen) atoms. The van der Waals surface area contributed by atoms with Crippen molar-refractivity contribution in [3.8, 4) is 11.8 Å². The summed E-state index contributed by atoms with van der Waals surface area (Å²) >= 11 is 0. The Morgan fingerprint density at radius 2 is 0.818 bits per heavy atom. The van der Waals surface area contributed by atoms with Crippen LogP contribution < -0.4 is 4.57 Å². The van der Waals surface area contributed by atoms with Gasteiger partial charge in [-0.25, -0.2) is 4.57 Å². The molecule has 1 heterocycles. The Labute approximate surface area is 262 Å². The lowest BCUT2D eigenvalue weighted by molar-refractivity contribution is -0.688. The van der Waals surface area contributed by atoms with Crippen molar-refractivity contribution >= 4 is 0 Å². The van der Waals surface area contributed by atoms with Gasteiger partial charge < -0.3 is 0 Å². The first kappa shape index (κ1) is 28.9. The van der Waals surface area contributed by atoms with Gasteiger partial charge >= 0.3 is 0 Å². The third-order valence-electron chi connectivity index (χ3n) is 8.37. The van der Waals surface area contributed by atoms with Crippen molar-refractivity contribution in [2.75, 3.05) is 0 Å². The maximum absolute atomic E-state index is 3.39. The number of rotatable bonds is 6. The van der Waals surface area contributed by atoms with Gasteiger partial charge in [0, 0.05) is 28.8 Å². The fourth-order valence-corrected chi connectivity index (χ4v) is 5.98. The Balaban J connectivity index is 1.27. The van der Waals surface area contributed by atoms with Gasteiger partial charge in [0.1, 0.15) is 0 Å². The Morgan fingerprint density at radius 1 is 0.432 bits per heavy atom. The highest BCUT2D eigenvalue weighted by Crippen LogP contribution is 2.44. The molecule has 0 radical (unpaired) electrons. The molecule has 214 valence electrons. The van der Waals surface area contributed by atoms with Crippen molar-refractivity contribution in [3.63, 3.8) is 0 Å². The summed E-state index contributed by atoms with van der Waals surface area (Å²) in [4.78, 5) is 0. The molecule has 0 unspecified atom stereocenters. The minimum atomic E-state index is -0.449. The van der Waals surface area contributed by atoms with Crippen LogP contribution >= 0.6 is 0 Å². The predicted octanol–water partition coefficient (Wildman–Crippen LogP) is 9.10. The standard InChI is InChI=1S/C43H38N/c1-42(2,3)37-25-23-36(24-26-37)33-44-31-29-35(30-32-44)20-19-34-21-27-41(28-22-34)43(38-13-7-4-8-14-38,39-15-9-5-10-16-39)40-17-11-6-12-18-40/h4-18,21-32H,33H2,1-3H3/q+1. The lowest BCUT2D eigenvalue weighted by Gasteiger charge is -2.36. The molecule has 1 heteroatoms. The van der Waals surface area contributed by atoms with Crippen molar-refractivity contribution in [2.45, 2.75) is 38.1 Å². The molecule has 5 aromatic carbocycles. The zero-order valence-corrected chi connectivity index (χ0v) is 25.7. The van der Waals surface area contributed by atoms with E-state index in [4.69, 9.17) is 0 Å². The van der Waals surface area contributed by atoms with Gasteiger partial charge in [0.25, 0.3) is 0 Å². The first-order chi connectivity index (χ1) is 21.4. The van der Waals surface area contributed by atoms with Gasteiger partial charge in [0.05, 0.1) is 5.41 Å². The molecule has 0 spiro atoms. The van der Waals surface area contributed by atoms with E-state index in [1.54, 1.807) is 0 Å². The van der Waals surface area contributed by atoms with Crippen LogP contribution in [0.1, 0.15) is 65.3 Å². The van der Waals surface area contributed by atoms with Crippen LogP contribution in [0, 0.1) is 11.8 Å². The van der Waals surface area contributed by atoms with Gasteiger partial charge in [-0.05, 0) is 45.4 Å². The first-order valence-electron chi connectivity index (χ1n) is 15.3. The minimum absolute atomic E-state index is 0.168. The van der Waals surface area contributed by atoms with Crippen LogP contribution in [0.15, 0.2) is 164 Å². The molecule has 1 nitrogen and oxygen atoms in total. The normalized spacial score (nSPS) is 11.4. The van der Waals surface area contributed by atoms with Gasteiger partial charge in [-0.3, -0.25) is 0 Å². The van der Waals surface area contributed by atoms with Crippen LogP contribution in [0.25, 0.3) is 0 Å². The molecule has 0 aliphatic carbocycles. The number of pyridine rings is 1. The van der Waals surface area contributed by atoms with Crippen molar-refractivity contribution in [1.82, 2.24) is 0 Å². The van der Waals surface area contributed by atoms with Crippen LogP contribution in [-0.4, -0.2) is 0 Å². The van der Waals surface area contributed by atoms with Gasteiger partial charge in [-0.15, -0.1) is 0 Å². The summed E-state index contributed by atoms with van der Waals surface area (Å²) in [5.41, 5.74) is 9.28. The number of aromatic nitrogens is 1. The molecule has 1 aromatic heterocycles. The van der Waals surface area contributed by atoms with Crippen LogP contribution in [0.3, 0.4) is 0 Å². The second-order valence-corrected chi connectivity index (χ2v) is 12.4. The molecular weight excluding hydrogens is 530 g/mol. The Bertz CT molecular complexity index is 1750. The fraction of sp³-hybridized carbons (Fsp3) is 0.140. The number of nitrogens with zero attached hydrogens (tertiary/aromatic N) is 1. The average Bonchev–Trinajstić information content (AvgIpc) is 3.07. The zero-order chi connectivity index (χ0) is 30.4. The van der Waals surface area contributed by atoms with Crippen LogP contribution in [0.2, 0.25) is 0 Å². The lowest BCUT2D eigenvalue weighted by Crippen LogP contribution is -2.33. The molecule has 0 saturated carbocycles. The van der Waals surface area contributed by atoms with E-state index in [1.165, 1.54) is 33.4 Å². The van der Waals surface area contributed by atoms with Gasteiger partial charge in [0.15, 0.2) is 18.9 Å². The highest BCUT2D eigenvalue weighted by atomic mass is 14.9. The first-order valence-corrected chi connectivity index (χ1v) is 15.3. The minimum Gasteiger partial charge on any atom is -0.201 e. The zero-order valence-electron chi connectivity index (χ0n) is 25.7. The van der Waals surface area contributed by atoms with E-state index in [0.717, 1.165) is 17.7 Å². The summed E-state index contributed by atoms with van der Waals surface area (Å²) in [6.07, 6.45) is 4.22. The van der Waals surface area contributed by atoms with E-state index in [9.17, 15) is 0 Å². The quantitative estimate of drug-likeness (QED) is 0.107. The van der Waals surface area contributed by atoms with E-state index >= 15 is 0 Å². The Morgan fingerprint density at radius 3 is 1.25 bits per heavy atom. The SMILES string of the molecule is CC(C)(C)c1ccc(C[n+]2ccc(C#Cc3ccc(C(c4ccccc4)(c4ccccc4)c4ccccc4)cc3)cc2)cc1. The summed E-state index contributed by atoms with van der Waals surface area (Å²) in [7, 11) is 0. The van der Waals surface area contributed by atoms with Crippen LogP contribution in [0.4, 0.5) is 0 Å². The second kappa shape index (κ2) is 12.6. The summed E-state index contributed by atoms with van der Waals surface area (Å²) in [5, 5.41) is 0. The summed E-state index contributed by atoms with van der Waals surface area (Å²) in [6.45, 7) is 7.58. The third kappa shape index (κ3) is 6.12. The molecule has 0 aliphatic rings. The predicted molar refractivity (Wildman–Crippen MR) is 182 cm³/mol. The highest BCUT2D eigenvalue weighted by molar-refractivity contribution is 5.60. The number of hydrogen-bond donors (Lipinski definition) is 0. The lowest BCUT2D eigenvalue weighted by atomic mass is 9.65. The Kier molecular flexibility index (Phi) is 8.27. The van der Waals surface area contributed by atoms with E-state index in [-0.39, 0.29) is 5.41 Å². The smallest absolute Gasteiger partial charge is 0.173 e. The molecule has 0 N–H and O–H groups in total. The fourth-order valence-electron chi connectivity index (χ4n) is 5.98. The molecule has 0 aliphatic heterocycles. The van der Waals surface area contributed by atoms with Crippen molar-refractivity contribution in [3.05, 3.63) is 209 Å². The van der Waals surface area contributed by atoms with Gasteiger partial charge in [-0.1, -0.05) is 160 Å². The van der Waals surface area contributed by atoms with Crippen molar-refractivity contribution < 1.29 is 4.57 Å². The average molecular weight is 569 g/mol. The molecule has 0 amide bonds. The summed E-state index contributed by atoms with van der Waals surface area (Å²) < 4.78 is 2.20. The van der Waals surface area contributed by atoms with E-state index < -0.39 is 5.41 Å². The van der Waals surface area contributed by atoms with E-state index in [0.29, 0.717) is 0 Å². The molecule has 6 rings (SSSR count). The summed E-state index contributed by atoms with van der Waals surface area (Å²) in [5.74, 6) is 6.76. The third-order valence-corrected chi connectivity index (χ3v) is 8.37.